The van der Waals surface area contributed by atoms with Gasteiger partial charge in [0, 0.05) is 32.4 Å². The monoisotopic (exact) mass is 342 g/mol. The van der Waals surface area contributed by atoms with E-state index in [1.54, 1.807) is 4.90 Å². The number of para-hydroxylation sites is 2. The van der Waals surface area contributed by atoms with Crippen LogP contribution in [0.25, 0.3) is 0 Å². The molecule has 1 N–H and O–H groups in total. The molecule has 25 heavy (non-hydrogen) atoms. The van der Waals surface area contributed by atoms with Gasteiger partial charge in [0.15, 0.2) is 11.5 Å². The van der Waals surface area contributed by atoms with Gasteiger partial charge in [-0.05, 0) is 19.2 Å². The van der Waals surface area contributed by atoms with Crippen LogP contribution in [0.15, 0.2) is 36.0 Å². The van der Waals surface area contributed by atoms with Crippen LogP contribution in [0.5, 0.6) is 11.5 Å². The van der Waals surface area contributed by atoms with Crippen molar-refractivity contribution in [3.05, 3.63) is 36.0 Å². The van der Waals surface area contributed by atoms with E-state index in [0.29, 0.717) is 32.0 Å². The van der Waals surface area contributed by atoms with Gasteiger partial charge in [-0.15, -0.1) is 0 Å². The van der Waals surface area contributed by atoms with E-state index in [0.717, 1.165) is 18.8 Å². The molecule has 132 valence electrons. The topological polar surface area (TPSA) is 77.8 Å². The first kappa shape index (κ1) is 17.1. The molecule has 2 aliphatic heterocycles. The van der Waals surface area contributed by atoms with Crippen molar-refractivity contribution >= 4 is 5.91 Å². The largest absolute Gasteiger partial charge is 0.486 e. The smallest absolute Gasteiger partial charge is 0.266 e. The summed E-state index contributed by atoms with van der Waals surface area (Å²) in [7, 11) is 2.02. The molecule has 1 saturated heterocycles. The standard InChI is InChI=1S/C18H22N4O3/c1-21-6-8-22(9-7-21)18(23)14(10-19)11-20-12-15-13-24-16-4-2-3-5-17(16)25-15/h2-5,11,15,20H,6-9,12-13H2,1H3/b14-11-. The van der Waals surface area contributed by atoms with E-state index in [1.165, 1.54) is 6.20 Å². The Morgan fingerprint density at radius 3 is 2.76 bits per heavy atom. The molecule has 0 radical (unpaired) electrons. The van der Waals surface area contributed by atoms with Crippen LogP contribution in [0.3, 0.4) is 0 Å². The van der Waals surface area contributed by atoms with Crippen molar-refractivity contribution in [2.75, 3.05) is 46.4 Å². The fourth-order valence-electron chi connectivity index (χ4n) is 2.78. The Hall–Kier alpha value is -2.72. The van der Waals surface area contributed by atoms with E-state index in [9.17, 15) is 10.1 Å². The average molecular weight is 342 g/mol. The molecule has 3 rings (SSSR count). The van der Waals surface area contributed by atoms with Crippen molar-refractivity contribution in [2.24, 2.45) is 0 Å². The van der Waals surface area contributed by atoms with Crippen molar-refractivity contribution in [1.29, 1.82) is 5.26 Å². The van der Waals surface area contributed by atoms with Crippen LogP contribution >= 0.6 is 0 Å². The highest BCUT2D eigenvalue weighted by Crippen LogP contribution is 2.30. The second kappa shape index (κ2) is 7.90. The van der Waals surface area contributed by atoms with Crippen LogP contribution in [0.2, 0.25) is 0 Å². The van der Waals surface area contributed by atoms with E-state index in [2.05, 4.69) is 10.2 Å². The lowest BCUT2D eigenvalue weighted by Gasteiger charge is -2.32. The van der Waals surface area contributed by atoms with Crippen LogP contribution in [0.4, 0.5) is 0 Å². The van der Waals surface area contributed by atoms with Crippen LogP contribution in [0, 0.1) is 11.3 Å². The Bertz CT molecular complexity index is 690. The summed E-state index contributed by atoms with van der Waals surface area (Å²) in [5.41, 5.74) is 0.113. The number of likely N-dealkylation sites (N-methyl/N-ethyl adjacent to an activating group) is 1. The van der Waals surface area contributed by atoms with Crippen molar-refractivity contribution < 1.29 is 14.3 Å². The lowest BCUT2D eigenvalue weighted by atomic mass is 10.2. The van der Waals surface area contributed by atoms with Crippen LogP contribution < -0.4 is 14.8 Å². The number of nitriles is 1. The predicted octanol–water partition coefficient (Wildman–Crippen LogP) is 0.597. The number of hydrogen-bond acceptors (Lipinski definition) is 6. The number of rotatable bonds is 4. The fourth-order valence-corrected chi connectivity index (χ4v) is 2.78. The molecule has 1 atom stereocenters. The molecular formula is C18H22N4O3. The Morgan fingerprint density at radius 1 is 1.32 bits per heavy atom. The molecule has 7 nitrogen and oxygen atoms in total. The minimum absolute atomic E-state index is 0.113. The molecule has 1 fully saturated rings. The Morgan fingerprint density at radius 2 is 2.04 bits per heavy atom. The quantitative estimate of drug-likeness (QED) is 0.638. The second-order valence-corrected chi connectivity index (χ2v) is 6.17. The molecule has 1 aromatic carbocycles. The van der Waals surface area contributed by atoms with Crippen LogP contribution in [-0.4, -0.2) is 68.2 Å². The molecular weight excluding hydrogens is 320 g/mol. The average Bonchev–Trinajstić information content (AvgIpc) is 2.65. The summed E-state index contributed by atoms with van der Waals surface area (Å²) < 4.78 is 11.5. The first-order valence-electron chi connectivity index (χ1n) is 8.37. The number of piperazine rings is 1. The van der Waals surface area contributed by atoms with Gasteiger partial charge >= 0.3 is 0 Å². The lowest BCUT2D eigenvalue weighted by molar-refractivity contribution is -0.128. The predicted molar refractivity (Wildman–Crippen MR) is 92.1 cm³/mol. The number of ether oxygens (including phenoxy) is 2. The first-order chi connectivity index (χ1) is 12.2. The third-order valence-electron chi connectivity index (χ3n) is 4.30. The highest BCUT2D eigenvalue weighted by atomic mass is 16.6. The molecule has 1 amide bonds. The number of nitrogens with zero attached hydrogens (tertiary/aromatic N) is 3. The van der Waals surface area contributed by atoms with Crippen LogP contribution in [0.1, 0.15) is 0 Å². The number of amides is 1. The lowest BCUT2D eigenvalue weighted by Crippen LogP contribution is -2.47. The zero-order valence-corrected chi connectivity index (χ0v) is 14.3. The molecule has 7 heteroatoms. The minimum Gasteiger partial charge on any atom is -0.486 e. The molecule has 0 bridgehead atoms. The molecule has 0 spiro atoms. The maximum Gasteiger partial charge on any atom is 0.266 e. The molecule has 1 unspecified atom stereocenters. The van der Waals surface area contributed by atoms with Gasteiger partial charge in [-0.25, -0.2) is 0 Å². The van der Waals surface area contributed by atoms with Gasteiger partial charge in [0.2, 0.25) is 0 Å². The normalized spacial score (nSPS) is 20.7. The highest BCUT2D eigenvalue weighted by Gasteiger charge is 2.23. The Labute approximate surface area is 147 Å². The van der Waals surface area contributed by atoms with Crippen molar-refractivity contribution in [3.8, 4) is 17.6 Å². The van der Waals surface area contributed by atoms with E-state index in [1.807, 2.05) is 37.4 Å². The van der Waals surface area contributed by atoms with Gasteiger partial charge in [-0.1, -0.05) is 12.1 Å². The van der Waals surface area contributed by atoms with Gasteiger partial charge in [-0.2, -0.15) is 5.26 Å². The molecule has 0 saturated carbocycles. The number of fused-ring (bicyclic) bond motifs is 1. The number of benzene rings is 1. The van der Waals surface area contributed by atoms with E-state index in [4.69, 9.17) is 9.47 Å². The van der Waals surface area contributed by atoms with Gasteiger partial charge < -0.3 is 24.6 Å². The SMILES string of the molecule is CN1CCN(C(=O)/C(C#N)=C\NCC2COc3ccccc3O2)CC1. The number of carbonyl (C=O) groups excluding carboxylic acids is 1. The number of nitrogens with one attached hydrogen (secondary N) is 1. The van der Waals surface area contributed by atoms with Crippen LogP contribution in [-0.2, 0) is 4.79 Å². The summed E-state index contributed by atoms with van der Waals surface area (Å²) in [5.74, 6) is 1.21. The zero-order chi connectivity index (χ0) is 17.6. The molecule has 0 aliphatic carbocycles. The van der Waals surface area contributed by atoms with Crippen molar-refractivity contribution in [3.63, 3.8) is 0 Å². The fraction of sp³-hybridized carbons (Fsp3) is 0.444. The molecule has 2 heterocycles. The zero-order valence-electron chi connectivity index (χ0n) is 14.3. The minimum atomic E-state index is -0.228. The van der Waals surface area contributed by atoms with Gasteiger partial charge in [0.25, 0.3) is 5.91 Å². The third-order valence-corrected chi connectivity index (χ3v) is 4.30. The second-order valence-electron chi connectivity index (χ2n) is 6.17. The van der Waals surface area contributed by atoms with Gasteiger partial charge in [-0.3, -0.25) is 4.79 Å². The summed E-state index contributed by atoms with van der Waals surface area (Å²) in [6, 6.07) is 9.49. The van der Waals surface area contributed by atoms with Crippen molar-refractivity contribution in [2.45, 2.75) is 6.10 Å². The summed E-state index contributed by atoms with van der Waals surface area (Å²) in [6.45, 7) is 3.81. The Balaban J connectivity index is 1.52. The highest BCUT2D eigenvalue weighted by molar-refractivity contribution is 5.97. The first-order valence-corrected chi connectivity index (χ1v) is 8.37. The summed E-state index contributed by atoms with van der Waals surface area (Å²) in [4.78, 5) is 16.3. The van der Waals surface area contributed by atoms with E-state index >= 15 is 0 Å². The third kappa shape index (κ3) is 4.22. The molecule has 0 aromatic heterocycles. The Kier molecular flexibility index (Phi) is 5.41. The molecule has 1 aromatic rings. The summed E-state index contributed by atoms with van der Waals surface area (Å²) in [6.07, 6.45) is 1.30. The van der Waals surface area contributed by atoms with Gasteiger partial charge in [0.05, 0.1) is 6.54 Å². The molecule has 2 aliphatic rings. The maximum absolute atomic E-state index is 12.4. The van der Waals surface area contributed by atoms with E-state index in [-0.39, 0.29) is 17.6 Å². The number of hydrogen-bond donors (Lipinski definition) is 1. The maximum atomic E-state index is 12.4. The van der Waals surface area contributed by atoms with Gasteiger partial charge in [0.1, 0.15) is 24.4 Å². The van der Waals surface area contributed by atoms with Crippen molar-refractivity contribution in [1.82, 2.24) is 15.1 Å². The number of carbonyl (C=O) groups is 1. The summed E-state index contributed by atoms with van der Waals surface area (Å²) >= 11 is 0. The van der Waals surface area contributed by atoms with E-state index < -0.39 is 0 Å². The summed E-state index contributed by atoms with van der Waals surface area (Å²) in [5, 5.41) is 12.3.